The smallest absolute Gasteiger partial charge is 0.254 e. The number of amides is 2. The number of H-pyrrole nitrogens is 1. The molecule has 0 spiro atoms. The molecular weight excluding hydrogens is 434 g/mol. The fourth-order valence-electron chi connectivity index (χ4n) is 4.78. The lowest BCUT2D eigenvalue weighted by Crippen LogP contribution is -2.45. The number of halogens is 1. The van der Waals surface area contributed by atoms with Crippen LogP contribution >= 0.6 is 11.6 Å². The molecule has 5 rings (SSSR count). The van der Waals surface area contributed by atoms with Gasteiger partial charge < -0.3 is 15.2 Å². The van der Waals surface area contributed by atoms with Gasteiger partial charge >= 0.3 is 0 Å². The van der Waals surface area contributed by atoms with E-state index in [1.807, 2.05) is 72.9 Å². The van der Waals surface area contributed by atoms with Gasteiger partial charge in [0.05, 0.1) is 12.0 Å². The maximum Gasteiger partial charge on any atom is 0.254 e. The molecule has 1 aromatic heterocycles. The van der Waals surface area contributed by atoms with Crippen LogP contribution in [0, 0.1) is 0 Å². The first-order chi connectivity index (χ1) is 16.0. The van der Waals surface area contributed by atoms with Crippen LogP contribution in [0.15, 0.2) is 79.0 Å². The highest BCUT2D eigenvalue weighted by molar-refractivity contribution is 6.30. The molecule has 33 heavy (non-hydrogen) atoms. The summed E-state index contributed by atoms with van der Waals surface area (Å²) >= 11 is 5.97. The Morgan fingerprint density at radius 2 is 1.73 bits per heavy atom. The number of nitrogens with one attached hydrogen (secondary N) is 2. The molecule has 2 atom stereocenters. The van der Waals surface area contributed by atoms with Crippen LogP contribution in [0.5, 0.6) is 0 Å². The molecule has 0 radical (unpaired) electrons. The number of rotatable bonds is 5. The molecule has 0 saturated carbocycles. The predicted octanol–water partition coefficient (Wildman–Crippen LogP) is 5.09. The Morgan fingerprint density at radius 1 is 1.00 bits per heavy atom. The van der Waals surface area contributed by atoms with Crippen molar-refractivity contribution < 1.29 is 9.59 Å². The second-order valence-corrected chi connectivity index (χ2v) is 8.82. The number of para-hydroxylation sites is 1. The summed E-state index contributed by atoms with van der Waals surface area (Å²) in [5.41, 5.74) is 4.36. The molecule has 0 bridgehead atoms. The van der Waals surface area contributed by atoms with Gasteiger partial charge in [-0.05, 0) is 41.8 Å². The van der Waals surface area contributed by atoms with Gasteiger partial charge in [-0.25, -0.2) is 0 Å². The molecule has 1 aliphatic rings. The van der Waals surface area contributed by atoms with Crippen molar-refractivity contribution in [1.82, 2.24) is 15.2 Å². The summed E-state index contributed by atoms with van der Waals surface area (Å²) in [4.78, 5) is 31.8. The zero-order valence-corrected chi connectivity index (χ0v) is 19.0. The largest absolute Gasteiger partial charge is 0.361 e. The topological polar surface area (TPSA) is 65.2 Å². The second-order valence-electron chi connectivity index (χ2n) is 8.38. The number of aromatic nitrogens is 1. The standard InChI is InChI=1S/C27H24ClN3O2/c1-31-25(22-16-30-23-9-5-4-6-19(22)23)24(20-7-2-3-8-21(20)27(31)33)26(32)29-15-14-17-10-12-18(28)13-11-17/h2-13,16,24-25,30H,14-15H2,1H3,(H,29,32). The molecule has 6 heteroatoms. The minimum absolute atomic E-state index is 0.0777. The van der Waals surface area contributed by atoms with Crippen LogP contribution in [0.3, 0.4) is 0 Å². The summed E-state index contributed by atoms with van der Waals surface area (Å²) in [6.07, 6.45) is 2.62. The Bertz CT molecular complexity index is 1330. The third-order valence-electron chi connectivity index (χ3n) is 6.43. The number of carbonyl (C=O) groups is 2. The maximum atomic E-state index is 13.6. The molecule has 166 valence electrons. The molecule has 1 aliphatic heterocycles. The highest BCUT2D eigenvalue weighted by Crippen LogP contribution is 2.44. The third kappa shape index (κ3) is 3.89. The average molecular weight is 458 g/mol. The highest BCUT2D eigenvalue weighted by Gasteiger charge is 2.43. The number of carbonyl (C=O) groups excluding carboxylic acids is 2. The van der Waals surface area contributed by atoms with Crippen LogP contribution in [-0.2, 0) is 11.2 Å². The normalized spacial score (nSPS) is 17.8. The van der Waals surface area contributed by atoms with Crippen molar-refractivity contribution in [2.45, 2.75) is 18.4 Å². The molecule has 0 fully saturated rings. The molecule has 2 unspecified atom stereocenters. The minimum Gasteiger partial charge on any atom is -0.361 e. The summed E-state index contributed by atoms with van der Waals surface area (Å²) in [5.74, 6) is -0.689. The van der Waals surface area contributed by atoms with Crippen LogP contribution in [0.2, 0.25) is 5.02 Å². The molecule has 5 nitrogen and oxygen atoms in total. The second kappa shape index (κ2) is 8.75. The molecule has 0 aliphatic carbocycles. The van der Waals surface area contributed by atoms with Gasteiger partial charge in [0.25, 0.3) is 5.91 Å². The van der Waals surface area contributed by atoms with Gasteiger partial charge in [-0.15, -0.1) is 0 Å². The first-order valence-corrected chi connectivity index (χ1v) is 11.4. The monoisotopic (exact) mass is 457 g/mol. The van der Waals surface area contributed by atoms with E-state index in [9.17, 15) is 9.59 Å². The Labute approximate surface area is 197 Å². The van der Waals surface area contributed by atoms with Gasteiger partial charge in [0.2, 0.25) is 5.91 Å². The van der Waals surface area contributed by atoms with E-state index in [0.29, 0.717) is 23.6 Å². The first kappa shape index (κ1) is 21.3. The van der Waals surface area contributed by atoms with Crippen molar-refractivity contribution in [2.24, 2.45) is 0 Å². The van der Waals surface area contributed by atoms with Gasteiger partial charge in [-0.1, -0.05) is 60.1 Å². The number of fused-ring (bicyclic) bond motifs is 2. The lowest BCUT2D eigenvalue weighted by molar-refractivity contribution is -0.124. The molecule has 3 aromatic carbocycles. The molecule has 2 N–H and O–H groups in total. The molecule has 4 aromatic rings. The van der Waals surface area contributed by atoms with Gasteiger partial charge in [-0.2, -0.15) is 0 Å². The quantitative estimate of drug-likeness (QED) is 0.438. The van der Waals surface area contributed by atoms with Gasteiger partial charge in [0.1, 0.15) is 0 Å². The van der Waals surface area contributed by atoms with E-state index >= 15 is 0 Å². The van der Waals surface area contributed by atoms with Gasteiger partial charge in [0, 0.05) is 46.8 Å². The fraction of sp³-hybridized carbons (Fsp3) is 0.185. The number of likely N-dealkylation sites (N-methyl/N-ethyl adjacent to an activating group) is 1. The zero-order chi connectivity index (χ0) is 22.9. The predicted molar refractivity (Wildman–Crippen MR) is 130 cm³/mol. The van der Waals surface area contributed by atoms with E-state index in [-0.39, 0.29) is 11.8 Å². The van der Waals surface area contributed by atoms with Crippen molar-refractivity contribution in [3.05, 3.63) is 106 Å². The summed E-state index contributed by atoms with van der Waals surface area (Å²) in [5, 5.41) is 4.82. The molecule has 0 saturated heterocycles. The number of nitrogens with zero attached hydrogens (tertiary/aromatic N) is 1. The minimum atomic E-state index is -0.520. The fourth-order valence-corrected chi connectivity index (χ4v) is 4.90. The van der Waals surface area contributed by atoms with Crippen molar-refractivity contribution in [3.8, 4) is 0 Å². The van der Waals surface area contributed by atoms with E-state index in [2.05, 4.69) is 10.3 Å². The summed E-state index contributed by atoms with van der Waals surface area (Å²) < 4.78 is 0. The summed E-state index contributed by atoms with van der Waals surface area (Å²) in [7, 11) is 1.78. The van der Waals surface area contributed by atoms with E-state index in [0.717, 1.165) is 27.6 Å². The maximum absolute atomic E-state index is 13.6. The van der Waals surface area contributed by atoms with Crippen LogP contribution < -0.4 is 5.32 Å². The molecular formula is C27H24ClN3O2. The van der Waals surface area contributed by atoms with Crippen molar-refractivity contribution >= 4 is 34.3 Å². The molecule has 2 amide bonds. The number of hydrogen-bond donors (Lipinski definition) is 2. The van der Waals surface area contributed by atoms with Crippen molar-refractivity contribution in [1.29, 1.82) is 0 Å². The summed E-state index contributed by atoms with van der Waals surface area (Å²) in [6, 6.07) is 22.6. The van der Waals surface area contributed by atoms with E-state index < -0.39 is 12.0 Å². The van der Waals surface area contributed by atoms with Crippen LogP contribution in [0.1, 0.15) is 39.0 Å². The number of aromatic amines is 1. The van der Waals surface area contributed by atoms with Crippen molar-refractivity contribution in [2.75, 3.05) is 13.6 Å². The van der Waals surface area contributed by atoms with Crippen LogP contribution in [0.25, 0.3) is 10.9 Å². The molecule has 2 heterocycles. The highest BCUT2D eigenvalue weighted by atomic mass is 35.5. The number of benzene rings is 3. The Balaban J connectivity index is 1.49. The van der Waals surface area contributed by atoms with E-state index in [1.54, 1.807) is 18.0 Å². The zero-order valence-electron chi connectivity index (χ0n) is 18.2. The lowest BCUT2D eigenvalue weighted by Gasteiger charge is -2.39. The number of hydrogen-bond acceptors (Lipinski definition) is 2. The van der Waals surface area contributed by atoms with Crippen LogP contribution in [-0.4, -0.2) is 35.3 Å². The van der Waals surface area contributed by atoms with Crippen molar-refractivity contribution in [3.63, 3.8) is 0 Å². The Morgan fingerprint density at radius 3 is 2.55 bits per heavy atom. The lowest BCUT2D eigenvalue weighted by atomic mass is 9.79. The Hall–Kier alpha value is -3.57. The first-order valence-electron chi connectivity index (χ1n) is 11.0. The third-order valence-corrected chi connectivity index (χ3v) is 6.68. The van der Waals surface area contributed by atoms with Gasteiger partial charge in [0.15, 0.2) is 0 Å². The Kier molecular flexibility index (Phi) is 5.65. The van der Waals surface area contributed by atoms with Crippen LogP contribution in [0.4, 0.5) is 0 Å². The average Bonchev–Trinajstić information content (AvgIpc) is 3.26. The SMILES string of the molecule is CN1C(=O)c2ccccc2C(C(=O)NCCc2ccc(Cl)cc2)C1c1c[nH]c2ccccc12. The summed E-state index contributed by atoms with van der Waals surface area (Å²) in [6.45, 7) is 0.497. The van der Waals surface area contributed by atoms with E-state index in [1.165, 1.54) is 0 Å². The van der Waals surface area contributed by atoms with E-state index in [4.69, 9.17) is 11.6 Å². The van der Waals surface area contributed by atoms with Gasteiger partial charge in [-0.3, -0.25) is 9.59 Å².